The third-order valence-corrected chi connectivity index (χ3v) is 2.61. The van der Waals surface area contributed by atoms with E-state index in [0.717, 1.165) is 11.4 Å². The lowest BCUT2D eigenvalue weighted by atomic mass is 9.87. The number of aromatic nitrogens is 1. The van der Waals surface area contributed by atoms with Gasteiger partial charge in [0.05, 0.1) is 18.3 Å². The summed E-state index contributed by atoms with van der Waals surface area (Å²) in [6, 6.07) is 5.22. The fourth-order valence-corrected chi connectivity index (χ4v) is 1.38. The summed E-state index contributed by atoms with van der Waals surface area (Å²) in [7, 11) is 0. The van der Waals surface area contributed by atoms with Crippen LogP contribution in [0.1, 0.15) is 32.2 Å². The molecule has 0 aliphatic rings. The molecule has 1 rings (SSSR count). The van der Waals surface area contributed by atoms with Crippen LogP contribution < -0.4 is 11.1 Å². The van der Waals surface area contributed by atoms with Gasteiger partial charge in [-0.15, -0.1) is 0 Å². The van der Waals surface area contributed by atoms with Crippen molar-refractivity contribution in [1.82, 2.24) is 10.3 Å². The van der Waals surface area contributed by atoms with Gasteiger partial charge in [-0.25, -0.2) is 0 Å². The Hall–Kier alpha value is -1.42. The summed E-state index contributed by atoms with van der Waals surface area (Å²) in [5.74, 6) is -0.138. The minimum atomic E-state index is -0.507. The van der Waals surface area contributed by atoms with E-state index in [-0.39, 0.29) is 11.3 Å². The van der Waals surface area contributed by atoms with Crippen molar-refractivity contribution in [2.24, 2.45) is 11.1 Å². The molecule has 0 fully saturated rings. The van der Waals surface area contributed by atoms with Crippen molar-refractivity contribution < 1.29 is 4.79 Å². The Morgan fingerprint density at radius 3 is 2.65 bits per heavy atom. The minimum absolute atomic E-state index is 0.138. The lowest BCUT2D eigenvalue weighted by Crippen LogP contribution is -2.48. The van der Waals surface area contributed by atoms with Crippen LogP contribution in [0.5, 0.6) is 0 Å². The molecular formula is C13H21N3O. The number of nitrogens with one attached hydrogen (secondary N) is 1. The van der Waals surface area contributed by atoms with Crippen molar-refractivity contribution in [3.63, 3.8) is 0 Å². The summed E-state index contributed by atoms with van der Waals surface area (Å²) in [4.78, 5) is 16.1. The second-order valence-electron chi connectivity index (χ2n) is 5.33. The largest absolute Gasteiger partial charge is 0.349 e. The molecule has 1 aromatic rings. The molecule has 94 valence electrons. The molecular weight excluding hydrogens is 214 g/mol. The van der Waals surface area contributed by atoms with Gasteiger partial charge in [0.2, 0.25) is 5.91 Å². The standard InChI is InChI=1S/C13H21N3O/c1-9-6-5-7-10(16-9)8-15-12(17)11(14)13(2,3)4/h5-7,11H,8,14H2,1-4H3,(H,15,17)/t11-/m0/s1. The van der Waals surface area contributed by atoms with Crippen LogP contribution in [0.4, 0.5) is 0 Å². The number of carbonyl (C=O) groups is 1. The van der Waals surface area contributed by atoms with Crippen LogP contribution in [0.3, 0.4) is 0 Å². The molecule has 17 heavy (non-hydrogen) atoms. The molecule has 0 spiro atoms. The number of rotatable bonds is 3. The third kappa shape index (κ3) is 4.15. The van der Waals surface area contributed by atoms with Crippen LogP contribution >= 0.6 is 0 Å². The number of nitrogens with zero attached hydrogens (tertiary/aromatic N) is 1. The number of aryl methyl sites for hydroxylation is 1. The zero-order valence-corrected chi connectivity index (χ0v) is 10.9. The maximum absolute atomic E-state index is 11.8. The normalized spacial score (nSPS) is 13.2. The van der Waals surface area contributed by atoms with E-state index in [1.54, 1.807) is 0 Å². The van der Waals surface area contributed by atoms with Crippen molar-refractivity contribution in [2.75, 3.05) is 0 Å². The average molecular weight is 235 g/mol. The number of amides is 1. The molecule has 0 aliphatic heterocycles. The van der Waals surface area contributed by atoms with Gasteiger partial charge in [0.15, 0.2) is 0 Å². The molecule has 4 heteroatoms. The number of hydrogen-bond acceptors (Lipinski definition) is 3. The molecule has 1 atom stereocenters. The SMILES string of the molecule is Cc1cccc(CNC(=O)[C@H](N)C(C)(C)C)n1. The zero-order valence-electron chi connectivity index (χ0n) is 10.9. The van der Waals surface area contributed by atoms with Crippen LogP contribution in [0.2, 0.25) is 0 Å². The first-order valence-electron chi connectivity index (χ1n) is 5.76. The van der Waals surface area contributed by atoms with E-state index in [4.69, 9.17) is 5.73 Å². The third-order valence-electron chi connectivity index (χ3n) is 2.61. The minimum Gasteiger partial charge on any atom is -0.349 e. The van der Waals surface area contributed by atoms with Gasteiger partial charge < -0.3 is 11.1 Å². The number of pyridine rings is 1. The zero-order chi connectivity index (χ0) is 13.1. The van der Waals surface area contributed by atoms with Crippen LogP contribution in [0.25, 0.3) is 0 Å². The first-order chi connectivity index (χ1) is 7.80. The van der Waals surface area contributed by atoms with Gasteiger partial charge in [-0.3, -0.25) is 9.78 Å². The van der Waals surface area contributed by atoms with Gasteiger partial charge in [0.1, 0.15) is 0 Å². The molecule has 1 amide bonds. The van der Waals surface area contributed by atoms with E-state index in [9.17, 15) is 4.79 Å². The van der Waals surface area contributed by atoms with Gasteiger partial charge in [-0.1, -0.05) is 26.8 Å². The average Bonchev–Trinajstić information content (AvgIpc) is 2.23. The summed E-state index contributed by atoms with van der Waals surface area (Å²) in [6.45, 7) is 8.18. The smallest absolute Gasteiger partial charge is 0.237 e. The van der Waals surface area contributed by atoms with Crippen molar-refractivity contribution in [3.05, 3.63) is 29.6 Å². The fraction of sp³-hybridized carbons (Fsp3) is 0.538. The number of carbonyl (C=O) groups excluding carboxylic acids is 1. The summed E-state index contributed by atoms with van der Waals surface area (Å²) in [6.07, 6.45) is 0. The van der Waals surface area contributed by atoms with Crippen molar-refractivity contribution in [2.45, 2.75) is 40.3 Å². The van der Waals surface area contributed by atoms with Gasteiger partial charge in [-0.05, 0) is 24.5 Å². The van der Waals surface area contributed by atoms with Crippen LogP contribution in [0.15, 0.2) is 18.2 Å². The maximum Gasteiger partial charge on any atom is 0.237 e. The first-order valence-corrected chi connectivity index (χ1v) is 5.76. The first kappa shape index (κ1) is 13.6. The predicted octanol–water partition coefficient (Wildman–Crippen LogP) is 1.38. The van der Waals surface area contributed by atoms with Gasteiger partial charge in [-0.2, -0.15) is 0 Å². The second kappa shape index (κ2) is 5.27. The number of hydrogen-bond donors (Lipinski definition) is 2. The molecule has 0 aromatic carbocycles. The van der Waals surface area contributed by atoms with Crippen molar-refractivity contribution in [1.29, 1.82) is 0 Å². The highest BCUT2D eigenvalue weighted by molar-refractivity contribution is 5.82. The Kier molecular flexibility index (Phi) is 4.23. The van der Waals surface area contributed by atoms with E-state index < -0.39 is 6.04 Å². The van der Waals surface area contributed by atoms with Crippen LogP contribution in [0, 0.1) is 12.3 Å². The highest BCUT2D eigenvalue weighted by Gasteiger charge is 2.27. The van der Waals surface area contributed by atoms with Gasteiger partial charge in [0, 0.05) is 5.69 Å². The molecule has 0 unspecified atom stereocenters. The quantitative estimate of drug-likeness (QED) is 0.831. The van der Waals surface area contributed by atoms with E-state index in [1.165, 1.54) is 0 Å². The monoisotopic (exact) mass is 235 g/mol. The predicted molar refractivity (Wildman–Crippen MR) is 68.3 cm³/mol. The van der Waals surface area contributed by atoms with Crippen molar-refractivity contribution >= 4 is 5.91 Å². The molecule has 3 N–H and O–H groups in total. The lowest BCUT2D eigenvalue weighted by Gasteiger charge is -2.25. The molecule has 4 nitrogen and oxygen atoms in total. The lowest BCUT2D eigenvalue weighted by molar-refractivity contribution is -0.124. The van der Waals surface area contributed by atoms with Gasteiger partial charge >= 0.3 is 0 Å². The maximum atomic E-state index is 11.8. The van der Waals surface area contributed by atoms with E-state index in [0.29, 0.717) is 6.54 Å². The topological polar surface area (TPSA) is 68.0 Å². The highest BCUT2D eigenvalue weighted by atomic mass is 16.2. The molecule has 0 saturated carbocycles. The molecule has 1 aromatic heterocycles. The summed E-state index contributed by atoms with van der Waals surface area (Å²) >= 11 is 0. The molecule has 0 radical (unpaired) electrons. The summed E-state index contributed by atoms with van der Waals surface area (Å²) < 4.78 is 0. The Balaban J connectivity index is 2.54. The molecule has 0 aliphatic carbocycles. The van der Waals surface area contributed by atoms with Crippen LogP contribution in [-0.4, -0.2) is 16.9 Å². The Bertz CT molecular complexity index is 396. The summed E-state index contributed by atoms with van der Waals surface area (Å²) in [5.41, 5.74) is 7.41. The van der Waals surface area contributed by atoms with Gasteiger partial charge in [0.25, 0.3) is 0 Å². The van der Waals surface area contributed by atoms with Crippen molar-refractivity contribution in [3.8, 4) is 0 Å². The Morgan fingerprint density at radius 1 is 1.47 bits per heavy atom. The summed E-state index contributed by atoms with van der Waals surface area (Å²) in [5, 5.41) is 2.81. The Morgan fingerprint density at radius 2 is 2.12 bits per heavy atom. The molecule has 0 bridgehead atoms. The number of nitrogens with two attached hydrogens (primary N) is 1. The van der Waals surface area contributed by atoms with Crippen LogP contribution in [-0.2, 0) is 11.3 Å². The van der Waals surface area contributed by atoms with E-state index in [1.807, 2.05) is 45.9 Å². The second-order valence-corrected chi connectivity index (χ2v) is 5.33. The fourth-order valence-electron chi connectivity index (χ4n) is 1.38. The Labute approximate surface area is 103 Å². The van der Waals surface area contributed by atoms with E-state index in [2.05, 4.69) is 10.3 Å². The highest BCUT2D eigenvalue weighted by Crippen LogP contribution is 2.17. The molecule has 0 saturated heterocycles. The van der Waals surface area contributed by atoms with E-state index >= 15 is 0 Å². The molecule has 1 heterocycles.